The molecule has 1 saturated carbocycles. The molecule has 0 radical (unpaired) electrons. The maximum atomic E-state index is 12.8. The van der Waals surface area contributed by atoms with Crippen LogP contribution in [-0.4, -0.2) is 42.4 Å². The SMILES string of the molecule is NCC1CCCCC1NC(=O)c1ccc(OCC(F)(F)C(F)F)nc1. The molecule has 0 bridgehead atoms. The topological polar surface area (TPSA) is 77.2 Å². The van der Waals surface area contributed by atoms with E-state index in [9.17, 15) is 22.4 Å². The summed E-state index contributed by atoms with van der Waals surface area (Å²) in [4.78, 5) is 15.9. The fourth-order valence-corrected chi connectivity index (χ4v) is 2.76. The molecule has 2 rings (SSSR count). The first-order valence-electron chi connectivity index (χ1n) is 8.09. The van der Waals surface area contributed by atoms with Crippen molar-refractivity contribution in [1.29, 1.82) is 0 Å². The van der Waals surface area contributed by atoms with Gasteiger partial charge in [-0.3, -0.25) is 4.79 Å². The van der Waals surface area contributed by atoms with Crippen LogP contribution in [-0.2, 0) is 0 Å². The normalized spacial score (nSPS) is 21.2. The molecule has 140 valence electrons. The van der Waals surface area contributed by atoms with Gasteiger partial charge in [0.25, 0.3) is 5.91 Å². The number of hydrogen-bond donors (Lipinski definition) is 2. The number of ether oxygens (including phenoxy) is 1. The fourth-order valence-electron chi connectivity index (χ4n) is 2.76. The van der Waals surface area contributed by atoms with Crippen LogP contribution < -0.4 is 15.8 Å². The Labute approximate surface area is 142 Å². The van der Waals surface area contributed by atoms with Crippen LogP contribution in [0.25, 0.3) is 0 Å². The van der Waals surface area contributed by atoms with Gasteiger partial charge in [0.1, 0.15) is 0 Å². The standard InChI is InChI=1S/C16H21F4N3O2/c17-15(18)16(19,20)9-25-13-6-5-11(8-22-13)14(24)23-12-4-2-1-3-10(12)7-21/h5-6,8,10,12,15H,1-4,7,9,21H2,(H,23,24). The molecule has 1 aromatic heterocycles. The second-order valence-corrected chi connectivity index (χ2v) is 6.10. The van der Waals surface area contributed by atoms with Crippen LogP contribution in [0, 0.1) is 5.92 Å². The van der Waals surface area contributed by atoms with Gasteiger partial charge in [-0.2, -0.15) is 8.78 Å². The number of amides is 1. The lowest BCUT2D eigenvalue weighted by molar-refractivity contribution is -0.148. The number of hydrogen-bond acceptors (Lipinski definition) is 4. The summed E-state index contributed by atoms with van der Waals surface area (Å²) >= 11 is 0. The summed E-state index contributed by atoms with van der Waals surface area (Å²) in [5, 5.41) is 2.91. The summed E-state index contributed by atoms with van der Waals surface area (Å²) in [5.41, 5.74) is 5.95. The van der Waals surface area contributed by atoms with Gasteiger partial charge >= 0.3 is 12.3 Å². The van der Waals surface area contributed by atoms with Crippen LogP contribution in [0.1, 0.15) is 36.0 Å². The lowest BCUT2D eigenvalue weighted by atomic mass is 9.84. The second kappa shape index (κ2) is 8.46. The van der Waals surface area contributed by atoms with E-state index in [2.05, 4.69) is 15.0 Å². The number of halogens is 4. The van der Waals surface area contributed by atoms with Crippen molar-refractivity contribution in [3.05, 3.63) is 23.9 Å². The minimum absolute atomic E-state index is 0.00749. The lowest BCUT2D eigenvalue weighted by Crippen LogP contribution is -2.44. The van der Waals surface area contributed by atoms with Gasteiger partial charge in [-0.05, 0) is 31.4 Å². The second-order valence-electron chi connectivity index (χ2n) is 6.10. The summed E-state index contributed by atoms with van der Waals surface area (Å²) in [6, 6.07) is 2.53. The maximum absolute atomic E-state index is 12.8. The molecule has 0 aliphatic heterocycles. The van der Waals surface area contributed by atoms with Gasteiger partial charge in [-0.25, -0.2) is 13.8 Å². The van der Waals surface area contributed by atoms with E-state index in [-0.39, 0.29) is 29.3 Å². The predicted octanol–water partition coefficient (Wildman–Crippen LogP) is 2.61. The molecule has 2 atom stereocenters. The number of rotatable bonds is 7. The number of alkyl halides is 4. The number of nitrogens with zero attached hydrogens (tertiary/aromatic N) is 1. The average molecular weight is 363 g/mol. The Balaban J connectivity index is 1.91. The van der Waals surface area contributed by atoms with E-state index in [1.54, 1.807) is 0 Å². The van der Waals surface area contributed by atoms with Gasteiger partial charge < -0.3 is 15.8 Å². The summed E-state index contributed by atoms with van der Waals surface area (Å²) in [5.74, 6) is -4.63. The number of nitrogens with two attached hydrogens (primary N) is 1. The Morgan fingerprint density at radius 1 is 1.36 bits per heavy atom. The Kier molecular flexibility index (Phi) is 6.57. The third kappa shape index (κ3) is 5.29. The molecule has 1 heterocycles. The van der Waals surface area contributed by atoms with Crippen LogP contribution in [0.5, 0.6) is 5.88 Å². The van der Waals surface area contributed by atoms with Crippen molar-refractivity contribution < 1.29 is 27.1 Å². The molecule has 1 aliphatic carbocycles. The molecule has 1 aromatic rings. The zero-order chi connectivity index (χ0) is 18.4. The Morgan fingerprint density at radius 2 is 2.08 bits per heavy atom. The van der Waals surface area contributed by atoms with Crippen molar-refractivity contribution in [1.82, 2.24) is 10.3 Å². The van der Waals surface area contributed by atoms with Crippen molar-refractivity contribution in [2.75, 3.05) is 13.2 Å². The van der Waals surface area contributed by atoms with E-state index in [0.717, 1.165) is 31.9 Å². The molecule has 9 heteroatoms. The molecule has 0 aromatic carbocycles. The van der Waals surface area contributed by atoms with E-state index in [0.29, 0.717) is 6.54 Å². The summed E-state index contributed by atoms with van der Waals surface area (Å²) in [6.45, 7) is -0.988. The molecule has 3 N–H and O–H groups in total. The molecule has 25 heavy (non-hydrogen) atoms. The maximum Gasteiger partial charge on any atom is 0.340 e. The van der Waals surface area contributed by atoms with Crippen molar-refractivity contribution in [2.45, 2.75) is 44.1 Å². The van der Waals surface area contributed by atoms with Crippen LogP contribution in [0.15, 0.2) is 18.3 Å². The van der Waals surface area contributed by atoms with Gasteiger partial charge in [-0.15, -0.1) is 0 Å². The third-order valence-corrected chi connectivity index (χ3v) is 4.26. The molecule has 0 spiro atoms. The Hall–Kier alpha value is -1.90. The highest BCUT2D eigenvalue weighted by Crippen LogP contribution is 2.25. The Bertz CT molecular complexity index is 569. The lowest BCUT2D eigenvalue weighted by Gasteiger charge is -2.31. The van der Waals surface area contributed by atoms with Crippen molar-refractivity contribution in [3.8, 4) is 5.88 Å². The minimum atomic E-state index is -4.25. The van der Waals surface area contributed by atoms with E-state index in [4.69, 9.17) is 5.73 Å². The van der Waals surface area contributed by atoms with Crippen molar-refractivity contribution in [2.24, 2.45) is 11.7 Å². The highest BCUT2D eigenvalue weighted by molar-refractivity contribution is 5.94. The van der Waals surface area contributed by atoms with Gasteiger partial charge in [0.15, 0.2) is 6.61 Å². The quantitative estimate of drug-likeness (QED) is 0.730. The van der Waals surface area contributed by atoms with Gasteiger partial charge in [0.2, 0.25) is 5.88 Å². The predicted molar refractivity (Wildman–Crippen MR) is 82.9 cm³/mol. The summed E-state index contributed by atoms with van der Waals surface area (Å²) in [6.07, 6.45) is 1.26. The first-order chi connectivity index (χ1) is 11.8. The van der Waals surface area contributed by atoms with Crippen molar-refractivity contribution >= 4 is 5.91 Å². The fraction of sp³-hybridized carbons (Fsp3) is 0.625. The van der Waals surface area contributed by atoms with Crippen LogP contribution in [0.3, 0.4) is 0 Å². The zero-order valence-electron chi connectivity index (χ0n) is 13.6. The number of pyridine rings is 1. The molecule has 0 saturated heterocycles. The van der Waals surface area contributed by atoms with Gasteiger partial charge in [0.05, 0.1) is 5.56 Å². The summed E-state index contributed by atoms with van der Waals surface area (Å²) < 4.78 is 54.3. The molecule has 2 unspecified atom stereocenters. The number of aromatic nitrogens is 1. The monoisotopic (exact) mass is 363 g/mol. The minimum Gasteiger partial charge on any atom is -0.471 e. The molecule has 1 amide bonds. The van der Waals surface area contributed by atoms with Crippen LogP contribution in [0.2, 0.25) is 0 Å². The largest absolute Gasteiger partial charge is 0.471 e. The van der Waals surface area contributed by atoms with Gasteiger partial charge in [0, 0.05) is 18.3 Å². The highest BCUT2D eigenvalue weighted by Gasteiger charge is 2.41. The average Bonchev–Trinajstić information content (AvgIpc) is 2.60. The first-order valence-corrected chi connectivity index (χ1v) is 8.09. The first kappa shape index (κ1) is 19.4. The zero-order valence-corrected chi connectivity index (χ0v) is 13.6. The molecule has 5 nitrogen and oxygen atoms in total. The third-order valence-electron chi connectivity index (χ3n) is 4.26. The number of carbonyl (C=O) groups is 1. The molecule has 1 aliphatic rings. The molecular weight excluding hydrogens is 342 g/mol. The van der Waals surface area contributed by atoms with Crippen LogP contribution in [0.4, 0.5) is 17.6 Å². The van der Waals surface area contributed by atoms with E-state index < -0.39 is 19.0 Å². The number of nitrogens with one attached hydrogen (secondary N) is 1. The molecular formula is C16H21F4N3O2. The highest BCUT2D eigenvalue weighted by atomic mass is 19.3. The van der Waals surface area contributed by atoms with Crippen LogP contribution >= 0.6 is 0 Å². The summed E-state index contributed by atoms with van der Waals surface area (Å²) in [7, 11) is 0. The van der Waals surface area contributed by atoms with Gasteiger partial charge in [-0.1, -0.05) is 12.8 Å². The smallest absolute Gasteiger partial charge is 0.340 e. The Morgan fingerprint density at radius 3 is 2.68 bits per heavy atom. The van der Waals surface area contributed by atoms with E-state index in [1.807, 2.05) is 0 Å². The number of carbonyl (C=O) groups excluding carboxylic acids is 1. The van der Waals surface area contributed by atoms with E-state index >= 15 is 0 Å². The molecule has 1 fully saturated rings. The van der Waals surface area contributed by atoms with E-state index in [1.165, 1.54) is 12.1 Å². The van der Waals surface area contributed by atoms with Crippen molar-refractivity contribution in [3.63, 3.8) is 0 Å².